The number of rotatable bonds is 9. The average Bonchev–Trinajstić information content (AvgIpc) is 2.24. The summed E-state index contributed by atoms with van der Waals surface area (Å²) in [7, 11) is 0. The summed E-state index contributed by atoms with van der Waals surface area (Å²) in [5.41, 5.74) is 1.41. The van der Waals surface area contributed by atoms with Crippen LogP contribution >= 0.6 is 0 Å². The van der Waals surface area contributed by atoms with Gasteiger partial charge < -0.3 is 0 Å². The first-order valence-electron chi connectivity index (χ1n) is 6.53. The highest BCUT2D eigenvalue weighted by Crippen LogP contribution is 2.04. The highest BCUT2D eigenvalue weighted by atomic mass is 14.7. The number of allylic oxidation sites excluding steroid dienone is 2. The van der Waals surface area contributed by atoms with Crippen LogP contribution in [0.1, 0.15) is 65.7 Å². The Balaban J connectivity index is 3.65. The zero-order chi connectivity index (χ0) is 11.4. The largest absolute Gasteiger partial charge is 0.293 e. The van der Waals surface area contributed by atoms with Crippen LogP contribution in [0.5, 0.6) is 0 Å². The van der Waals surface area contributed by atoms with E-state index in [2.05, 4.69) is 38.1 Å². The topological polar surface area (TPSA) is 12.4 Å². The van der Waals surface area contributed by atoms with Crippen LogP contribution in [-0.4, -0.2) is 12.8 Å². The van der Waals surface area contributed by atoms with Crippen molar-refractivity contribution in [2.24, 2.45) is 4.99 Å². The number of aliphatic imine (C=N–C) groups is 1. The van der Waals surface area contributed by atoms with E-state index in [1.165, 1.54) is 44.1 Å². The van der Waals surface area contributed by atoms with Crippen molar-refractivity contribution in [3.63, 3.8) is 0 Å². The summed E-state index contributed by atoms with van der Waals surface area (Å²) in [4.78, 5) is 4.49. The van der Waals surface area contributed by atoms with E-state index in [-0.39, 0.29) is 0 Å². The quantitative estimate of drug-likeness (QED) is 0.383. The van der Waals surface area contributed by atoms with Crippen molar-refractivity contribution < 1.29 is 0 Å². The van der Waals surface area contributed by atoms with Crippen LogP contribution in [-0.2, 0) is 0 Å². The maximum absolute atomic E-state index is 4.49. The first-order chi connectivity index (χ1) is 7.35. The van der Waals surface area contributed by atoms with Gasteiger partial charge in [0.25, 0.3) is 0 Å². The van der Waals surface area contributed by atoms with Crippen molar-refractivity contribution in [2.75, 3.05) is 6.54 Å². The van der Waals surface area contributed by atoms with Crippen LogP contribution in [0, 0.1) is 0 Å². The average molecular weight is 209 g/mol. The fourth-order valence-electron chi connectivity index (χ4n) is 1.58. The molecule has 0 fully saturated rings. The van der Waals surface area contributed by atoms with Crippen molar-refractivity contribution in [2.45, 2.75) is 65.7 Å². The van der Waals surface area contributed by atoms with Gasteiger partial charge in [-0.1, -0.05) is 52.5 Å². The fraction of sp³-hybridized carbons (Fsp3) is 0.786. The Morgan fingerprint density at radius 2 is 1.80 bits per heavy atom. The van der Waals surface area contributed by atoms with Gasteiger partial charge in [-0.3, -0.25) is 4.99 Å². The molecule has 0 aliphatic carbocycles. The van der Waals surface area contributed by atoms with Gasteiger partial charge in [-0.05, 0) is 24.8 Å². The Labute approximate surface area is 95.7 Å². The summed E-state index contributed by atoms with van der Waals surface area (Å²) in [6.45, 7) is 7.65. The fourth-order valence-corrected chi connectivity index (χ4v) is 1.58. The van der Waals surface area contributed by atoms with Crippen molar-refractivity contribution in [3.8, 4) is 0 Å². The van der Waals surface area contributed by atoms with E-state index in [0.29, 0.717) is 0 Å². The number of unbranched alkanes of at least 4 members (excludes halogenated alkanes) is 3. The summed E-state index contributed by atoms with van der Waals surface area (Å²) >= 11 is 0. The molecule has 15 heavy (non-hydrogen) atoms. The van der Waals surface area contributed by atoms with Crippen LogP contribution in [0.4, 0.5) is 0 Å². The zero-order valence-electron chi connectivity index (χ0n) is 10.8. The Morgan fingerprint density at radius 3 is 2.40 bits per heavy atom. The maximum atomic E-state index is 4.49. The molecule has 0 aromatic rings. The van der Waals surface area contributed by atoms with Gasteiger partial charge in [0.15, 0.2) is 0 Å². The van der Waals surface area contributed by atoms with Crippen LogP contribution in [0.3, 0.4) is 0 Å². The molecule has 0 aromatic carbocycles. The molecule has 0 unspecified atom stereocenters. The molecule has 0 saturated carbocycles. The molecular formula is C14H27N. The van der Waals surface area contributed by atoms with Crippen LogP contribution < -0.4 is 0 Å². The number of hydrogen-bond acceptors (Lipinski definition) is 1. The molecular weight excluding hydrogens is 182 g/mol. The number of hydrogen-bond donors (Lipinski definition) is 0. The van der Waals surface area contributed by atoms with E-state index in [1.807, 2.05) is 0 Å². The summed E-state index contributed by atoms with van der Waals surface area (Å²) < 4.78 is 0. The van der Waals surface area contributed by atoms with Crippen molar-refractivity contribution >= 4 is 6.21 Å². The molecule has 0 aliphatic rings. The van der Waals surface area contributed by atoms with Crippen LogP contribution in [0.2, 0.25) is 0 Å². The molecule has 88 valence electrons. The lowest BCUT2D eigenvalue weighted by Crippen LogP contribution is -1.88. The Hall–Kier alpha value is -0.590. The Bertz CT molecular complexity index is 180. The van der Waals surface area contributed by atoms with Gasteiger partial charge in [0.05, 0.1) is 0 Å². The highest BCUT2D eigenvalue weighted by Gasteiger charge is 1.90. The van der Waals surface area contributed by atoms with Gasteiger partial charge >= 0.3 is 0 Å². The molecule has 0 spiro atoms. The smallest absolute Gasteiger partial charge is 0.0389 e. The minimum atomic E-state index is 1.00. The predicted octanol–water partition coefficient (Wildman–Crippen LogP) is 4.77. The molecule has 0 aromatic heterocycles. The van der Waals surface area contributed by atoms with Gasteiger partial charge in [0.2, 0.25) is 0 Å². The molecule has 0 rings (SSSR count). The Morgan fingerprint density at radius 1 is 1.00 bits per heavy atom. The third-order valence-corrected chi connectivity index (χ3v) is 2.40. The zero-order valence-corrected chi connectivity index (χ0v) is 10.8. The lowest BCUT2D eigenvalue weighted by Gasteiger charge is -1.98. The standard InChI is InChI=1S/C14H27N/c1-4-7-8-9-12-15-13-14(10-5-2)11-6-3/h10,13H,4-9,11-12H2,1-3H3. The second-order valence-corrected chi connectivity index (χ2v) is 4.03. The van der Waals surface area contributed by atoms with E-state index >= 15 is 0 Å². The summed E-state index contributed by atoms with van der Waals surface area (Å²) in [6, 6.07) is 0. The molecule has 0 aliphatic heterocycles. The van der Waals surface area contributed by atoms with Crippen molar-refractivity contribution in [1.29, 1.82) is 0 Å². The van der Waals surface area contributed by atoms with Crippen molar-refractivity contribution in [1.82, 2.24) is 0 Å². The monoisotopic (exact) mass is 209 g/mol. The number of nitrogens with zero attached hydrogens (tertiary/aromatic N) is 1. The Kier molecular flexibility index (Phi) is 11.0. The second-order valence-electron chi connectivity index (χ2n) is 4.03. The second kappa shape index (κ2) is 11.5. The van der Waals surface area contributed by atoms with Gasteiger partial charge in [-0.15, -0.1) is 0 Å². The molecule has 1 nitrogen and oxygen atoms in total. The lowest BCUT2D eigenvalue weighted by atomic mass is 10.1. The van der Waals surface area contributed by atoms with E-state index in [1.54, 1.807) is 0 Å². The van der Waals surface area contributed by atoms with E-state index in [9.17, 15) is 0 Å². The predicted molar refractivity (Wildman–Crippen MR) is 70.8 cm³/mol. The molecule has 0 saturated heterocycles. The SMILES string of the molecule is CCC=C(C=NCCCCCC)CCC. The first-order valence-corrected chi connectivity index (χ1v) is 6.53. The van der Waals surface area contributed by atoms with Gasteiger partial charge in [-0.2, -0.15) is 0 Å². The third kappa shape index (κ3) is 9.71. The van der Waals surface area contributed by atoms with Gasteiger partial charge in [-0.25, -0.2) is 0 Å². The highest BCUT2D eigenvalue weighted by molar-refractivity contribution is 5.78. The van der Waals surface area contributed by atoms with E-state index < -0.39 is 0 Å². The summed E-state index contributed by atoms with van der Waals surface area (Å²) in [5, 5.41) is 0. The normalized spacial score (nSPS) is 12.6. The van der Waals surface area contributed by atoms with Gasteiger partial charge in [0, 0.05) is 12.8 Å². The molecule has 0 amide bonds. The summed E-state index contributed by atoms with van der Waals surface area (Å²) in [6.07, 6.45) is 13.1. The van der Waals surface area contributed by atoms with Crippen molar-refractivity contribution in [3.05, 3.63) is 11.6 Å². The van der Waals surface area contributed by atoms with Gasteiger partial charge in [0.1, 0.15) is 0 Å². The van der Waals surface area contributed by atoms with Crippen LogP contribution in [0.25, 0.3) is 0 Å². The van der Waals surface area contributed by atoms with Crippen LogP contribution in [0.15, 0.2) is 16.6 Å². The minimum absolute atomic E-state index is 1.00. The third-order valence-electron chi connectivity index (χ3n) is 2.40. The molecule has 0 N–H and O–H groups in total. The molecule has 0 bridgehead atoms. The van der Waals surface area contributed by atoms with E-state index in [4.69, 9.17) is 0 Å². The maximum Gasteiger partial charge on any atom is 0.0389 e. The first kappa shape index (κ1) is 14.4. The molecule has 0 heterocycles. The summed E-state index contributed by atoms with van der Waals surface area (Å²) in [5.74, 6) is 0. The van der Waals surface area contributed by atoms with E-state index in [0.717, 1.165) is 13.0 Å². The molecule has 0 radical (unpaired) electrons. The lowest BCUT2D eigenvalue weighted by molar-refractivity contribution is 0.675. The molecule has 0 atom stereocenters. The minimum Gasteiger partial charge on any atom is -0.293 e. The molecule has 1 heteroatoms.